The molecule has 98 valence electrons. The minimum atomic E-state index is -0.179. The molecule has 5 nitrogen and oxygen atoms in total. The van der Waals surface area contributed by atoms with Gasteiger partial charge >= 0.3 is 0 Å². The molecular weight excluding hydrogens is 242 g/mol. The highest BCUT2D eigenvalue weighted by Crippen LogP contribution is 2.22. The molecule has 0 spiro atoms. The molecule has 1 atom stereocenters. The predicted octanol–water partition coefficient (Wildman–Crippen LogP) is 2.32. The van der Waals surface area contributed by atoms with E-state index in [1.807, 2.05) is 37.3 Å². The second-order valence-electron chi connectivity index (χ2n) is 4.01. The van der Waals surface area contributed by atoms with Gasteiger partial charge in [-0.3, -0.25) is 0 Å². The summed E-state index contributed by atoms with van der Waals surface area (Å²) in [4.78, 5) is 4.12. The number of nitrogens with zero attached hydrogens (tertiary/aromatic N) is 2. The van der Waals surface area contributed by atoms with Gasteiger partial charge in [0.25, 0.3) is 0 Å². The van der Waals surface area contributed by atoms with Gasteiger partial charge in [0.15, 0.2) is 5.84 Å². The first-order chi connectivity index (χ1) is 9.22. The topological polar surface area (TPSA) is 80.7 Å². The Morgan fingerprint density at radius 1 is 1.26 bits per heavy atom. The summed E-state index contributed by atoms with van der Waals surface area (Å²) in [6, 6.07) is 13.2. The molecule has 0 fully saturated rings. The van der Waals surface area contributed by atoms with Crippen LogP contribution in [0.5, 0.6) is 5.88 Å². The van der Waals surface area contributed by atoms with Crippen LogP contribution in [0.2, 0.25) is 0 Å². The van der Waals surface area contributed by atoms with Crippen molar-refractivity contribution in [2.75, 3.05) is 0 Å². The molecule has 1 aromatic carbocycles. The van der Waals surface area contributed by atoms with E-state index in [1.165, 1.54) is 0 Å². The molecule has 19 heavy (non-hydrogen) atoms. The van der Waals surface area contributed by atoms with Crippen molar-refractivity contribution in [3.63, 3.8) is 0 Å². The largest absolute Gasteiger partial charge is 0.469 e. The Morgan fingerprint density at radius 3 is 2.68 bits per heavy atom. The molecule has 1 heterocycles. The van der Waals surface area contributed by atoms with E-state index in [9.17, 15) is 0 Å². The van der Waals surface area contributed by atoms with Crippen molar-refractivity contribution in [3.8, 4) is 5.88 Å². The molecular formula is C14H15N3O2. The number of amidine groups is 1. The van der Waals surface area contributed by atoms with Crippen LogP contribution in [0.25, 0.3) is 0 Å². The Balaban J connectivity index is 2.24. The first kappa shape index (κ1) is 12.9. The maximum absolute atomic E-state index is 8.74. The van der Waals surface area contributed by atoms with Crippen LogP contribution < -0.4 is 10.5 Å². The van der Waals surface area contributed by atoms with Crippen molar-refractivity contribution >= 4 is 5.84 Å². The lowest BCUT2D eigenvalue weighted by Crippen LogP contribution is -2.16. The van der Waals surface area contributed by atoms with Gasteiger partial charge in [-0.1, -0.05) is 35.5 Å². The SMILES string of the molecule is CC(Oc1ncccc1/C(N)=N/O)c1ccccc1. The summed E-state index contributed by atoms with van der Waals surface area (Å²) in [6.45, 7) is 1.92. The number of aromatic nitrogens is 1. The minimum Gasteiger partial charge on any atom is -0.469 e. The van der Waals surface area contributed by atoms with Gasteiger partial charge in [-0.25, -0.2) is 4.98 Å². The number of oxime groups is 1. The third-order valence-electron chi connectivity index (χ3n) is 2.71. The highest BCUT2D eigenvalue weighted by molar-refractivity contribution is 5.98. The van der Waals surface area contributed by atoms with Crippen LogP contribution in [0.3, 0.4) is 0 Å². The standard InChI is InChI=1S/C14H15N3O2/c1-10(11-6-3-2-4-7-11)19-14-12(13(15)17-18)8-5-9-16-14/h2-10,18H,1H3,(H2,15,17). The van der Waals surface area contributed by atoms with Gasteiger partial charge in [0, 0.05) is 6.20 Å². The Bertz CT molecular complexity index is 570. The molecule has 0 aliphatic rings. The van der Waals surface area contributed by atoms with Gasteiger partial charge in [0.2, 0.25) is 5.88 Å². The van der Waals surface area contributed by atoms with E-state index in [-0.39, 0.29) is 11.9 Å². The molecule has 1 aromatic heterocycles. The Morgan fingerprint density at radius 2 is 2.00 bits per heavy atom. The third kappa shape index (κ3) is 3.01. The number of hydrogen-bond donors (Lipinski definition) is 2. The average Bonchev–Trinajstić information content (AvgIpc) is 2.48. The number of benzene rings is 1. The smallest absolute Gasteiger partial charge is 0.225 e. The lowest BCUT2D eigenvalue weighted by molar-refractivity contribution is 0.216. The molecule has 5 heteroatoms. The van der Waals surface area contributed by atoms with E-state index < -0.39 is 0 Å². The summed E-state index contributed by atoms with van der Waals surface area (Å²) in [5.41, 5.74) is 7.08. The predicted molar refractivity (Wildman–Crippen MR) is 72.2 cm³/mol. The fourth-order valence-corrected chi connectivity index (χ4v) is 1.69. The first-order valence-corrected chi connectivity index (χ1v) is 5.87. The monoisotopic (exact) mass is 257 g/mol. The maximum Gasteiger partial charge on any atom is 0.225 e. The Hall–Kier alpha value is -2.56. The van der Waals surface area contributed by atoms with Gasteiger partial charge < -0.3 is 15.7 Å². The number of ether oxygens (including phenoxy) is 1. The second-order valence-corrected chi connectivity index (χ2v) is 4.01. The number of hydrogen-bond acceptors (Lipinski definition) is 4. The van der Waals surface area contributed by atoms with Gasteiger partial charge in [-0.2, -0.15) is 0 Å². The van der Waals surface area contributed by atoms with Gasteiger partial charge in [0.05, 0.1) is 5.56 Å². The molecule has 2 aromatic rings. The molecule has 0 bridgehead atoms. The Labute approximate surface area is 111 Å². The number of rotatable bonds is 4. The molecule has 3 N–H and O–H groups in total. The maximum atomic E-state index is 8.74. The van der Waals surface area contributed by atoms with Crippen molar-refractivity contribution in [3.05, 3.63) is 59.8 Å². The van der Waals surface area contributed by atoms with Crippen molar-refractivity contribution in [2.45, 2.75) is 13.0 Å². The molecule has 0 aliphatic heterocycles. The second kappa shape index (κ2) is 5.86. The van der Waals surface area contributed by atoms with E-state index in [0.717, 1.165) is 5.56 Å². The molecule has 1 unspecified atom stereocenters. The lowest BCUT2D eigenvalue weighted by atomic mass is 10.1. The normalized spacial score (nSPS) is 13.0. The quantitative estimate of drug-likeness (QED) is 0.381. The number of pyridine rings is 1. The van der Waals surface area contributed by atoms with Gasteiger partial charge in [0.1, 0.15) is 6.10 Å². The molecule has 2 rings (SSSR count). The van der Waals surface area contributed by atoms with E-state index in [1.54, 1.807) is 18.3 Å². The zero-order valence-electron chi connectivity index (χ0n) is 10.5. The van der Waals surface area contributed by atoms with E-state index in [2.05, 4.69) is 10.1 Å². The van der Waals surface area contributed by atoms with Crippen LogP contribution in [0.4, 0.5) is 0 Å². The summed E-state index contributed by atoms with van der Waals surface area (Å²) >= 11 is 0. The highest BCUT2D eigenvalue weighted by atomic mass is 16.5. The van der Waals surface area contributed by atoms with E-state index >= 15 is 0 Å². The minimum absolute atomic E-state index is 0.0247. The number of nitrogens with two attached hydrogens (primary N) is 1. The van der Waals surface area contributed by atoms with Crippen molar-refractivity contribution in [1.82, 2.24) is 4.98 Å². The fourth-order valence-electron chi connectivity index (χ4n) is 1.69. The van der Waals surface area contributed by atoms with Crippen molar-refractivity contribution < 1.29 is 9.94 Å². The molecule has 0 saturated carbocycles. The van der Waals surface area contributed by atoms with Crippen LogP contribution in [0.1, 0.15) is 24.2 Å². The van der Waals surface area contributed by atoms with Crippen molar-refractivity contribution in [2.24, 2.45) is 10.9 Å². The van der Waals surface area contributed by atoms with E-state index in [0.29, 0.717) is 11.4 Å². The zero-order chi connectivity index (χ0) is 13.7. The first-order valence-electron chi connectivity index (χ1n) is 5.87. The van der Waals surface area contributed by atoms with Crippen LogP contribution in [0.15, 0.2) is 53.8 Å². The molecule has 0 radical (unpaired) electrons. The molecule has 0 aliphatic carbocycles. The van der Waals surface area contributed by atoms with E-state index in [4.69, 9.17) is 15.7 Å². The van der Waals surface area contributed by atoms with Gasteiger partial charge in [-0.05, 0) is 24.6 Å². The molecule has 0 amide bonds. The Kier molecular flexibility index (Phi) is 3.97. The highest BCUT2D eigenvalue weighted by Gasteiger charge is 2.13. The van der Waals surface area contributed by atoms with Crippen LogP contribution in [-0.4, -0.2) is 16.0 Å². The fraction of sp³-hybridized carbons (Fsp3) is 0.143. The summed E-state index contributed by atoms with van der Waals surface area (Å²) in [7, 11) is 0. The third-order valence-corrected chi connectivity index (χ3v) is 2.71. The average molecular weight is 257 g/mol. The van der Waals surface area contributed by atoms with Gasteiger partial charge in [-0.15, -0.1) is 0 Å². The van der Waals surface area contributed by atoms with Crippen LogP contribution in [-0.2, 0) is 0 Å². The zero-order valence-corrected chi connectivity index (χ0v) is 10.5. The summed E-state index contributed by atoms with van der Waals surface area (Å²) in [5, 5.41) is 11.7. The van der Waals surface area contributed by atoms with Crippen LogP contribution >= 0.6 is 0 Å². The summed E-state index contributed by atoms with van der Waals surface area (Å²) < 4.78 is 5.77. The molecule has 0 saturated heterocycles. The summed E-state index contributed by atoms with van der Waals surface area (Å²) in [5.74, 6) is 0.317. The van der Waals surface area contributed by atoms with Crippen LogP contribution in [0, 0.1) is 0 Å². The van der Waals surface area contributed by atoms with Crippen molar-refractivity contribution in [1.29, 1.82) is 0 Å². The lowest BCUT2D eigenvalue weighted by Gasteiger charge is -2.16. The summed E-state index contributed by atoms with van der Waals surface area (Å²) in [6.07, 6.45) is 1.42.